The van der Waals surface area contributed by atoms with E-state index in [9.17, 15) is 4.79 Å². The molecule has 0 amide bonds. The zero-order valence-corrected chi connectivity index (χ0v) is 10.6. The summed E-state index contributed by atoms with van der Waals surface area (Å²) in [6.07, 6.45) is 2.23. The van der Waals surface area contributed by atoms with E-state index in [-0.39, 0.29) is 5.78 Å². The van der Waals surface area contributed by atoms with Crippen LogP contribution in [0.5, 0.6) is 0 Å². The Bertz CT molecular complexity index is 592. The minimum atomic E-state index is 0.192. The van der Waals surface area contributed by atoms with Gasteiger partial charge in [-0.05, 0) is 17.5 Å². The third-order valence-electron chi connectivity index (χ3n) is 2.23. The SMILES string of the molecule is O=C(Cc1cncs1)c1cc2sccc2s1. The van der Waals surface area contributed by atoms with Crippen molar-refractivity contribution < 1.29 is 4.79 Å². The first kappa shape index (κ1) is 10.1. The van der Waals surface area contributed by atoms with Crippen LogP contribution in [0.1, 0.15) is 14.5 Å². The quantitative estimate of drug-likeness (QED) is 0.673. The summed E-state index contributed by atoms with van der Waals surface area (Å²) >= 11 is 4.79. The number of rotatable bonds is 3. The van der Waals surface area contributed by atoms with Gasteiger partial charge in [0.1, 0.15) is 0 Å². The second-order valence-electron chi connectivity index (χ2n) is 3.33. The van der Waals surface area contributed by atoms with Crippen molar-refractivity contribution in [1.29, 1.82) is 0 Å². The lowest BCUT2D eigenvalue weighted by Crippen LogP contribution is -1.98. The molecule has 0 aliphatic rings. The van der Waals surface area contributed by atoms with E-state index in [0.29, 0.717) is 6.42 Å². The summed E-state index contributed by atoms with van der Waals surface area (Å²) in [7, 11) is 0. The van der Waals surface area contributed by atoms with Crippen molar-refractivity contribution in [3.8, 4) is 0 Å². The van der Waals surface area contributed by atoms with E-state index >= 15 is 0 Å². The van der Waals surface area contributed by atoms with Crippen LogP contribution in [0.25, 0.3) is 9.40 Å². The summed E-state index contributed by atoms with van der Waals surface area (Å²) < 4.78 is 2.41. The lowest BCUT2D eigenvalue weighted by atomic mass is 10.2. The van der Waals surface area contributed by atoms with Crippen molar-refractivity contribution in [3.63, 3.8) is 0 Å². The van der Waals surface area contributed by atoms with Crippen LogP contribution in [0.15, 0.2) is 29.2 Å². The molecule has 3 aromatic heterocycles. The minimum Gasteiger partial charge on any atom is -0.293 e. The van der Waals surface area contributed by atoms with Gasteiger partial charge >= 0.3 is 0 Å². The molecule has 3 heterocycles. The Hall–Kier alpha value is -1.04. The second-order valence-corrected chi connectivity index (χ2v) is 6.33. The third-order valence-corrected chi connectivity index (χ3v) is 5.15. The maximum Gasteiger partial charge on any atom is 0.178 e. The van der Waals surface area contributed by atoms with E-state index in [1.54, 1.807) is 34.4 Å². The van der Waals surface area contributed by atoms with Gasteiger partial charge in [-0.15, -0.1) is 34.0 Å². The van der Waals surface area contributed by atoms with Crippen molar-refractivity contribution in [2.75, 3.05) is 0 Å². The fourth-order valence-electron chi connectivity index (χ4n) is 1.48. The van der Waals surface area contributed by atoms with Crippen molar-refractivity contribution in [2.24, 2.45) is 0 Å². The third kappa shape index (κ3) is 1.81. The maximum atomic E-state index is 12.0. The number of nitrogens with zero attached hydrogens (tertiary/aromatic N) is 1. The van der Waals surface area contributed by atoms with Gasteiger partial charge in [-0.2, -0.15) is 0 Å². The van der Waals surface area contributed by atoms with Crippen LogP contribution >= 0.6 is 34.0 Å². The van der Waals surface area contributed by atoms with Crippen molar-refractivity contribution in [2.45, 2.75) is 6.42 Å². The van der Waals surface area contributed by atoms with Crippen molar-refractivity contribution in [3.05, 3.63) is 39.0 Å². The van der Waals surface area contributed by atoms with Crippen LogP contribution in [-0.4, -0.2) is 10.8 Å². The average molecular weight is 265 g/mol. The molecule has 0 aliphatic carbocycles. The van der Waals surface area contributed by atoms with E-state index in [1.165, 1.54) is 20.7 Å². The zero-order valence-electron chi connectivity index (χ0n) is 8.17. The Labute approximate surface area is 104 Å². The number of carbonyl (C=O) groups excluding carboxylic acids is 1. The number of ketones is 1. The number of aromatic nitrogens is 1. The van der Waals surface area contributed by atoms with Gasteiger partial charge in [0.25, 0.3) is 0 Å². The Balaban J connectivity index is 1.87. The molecule has 0 fully saturated rings. The molecule has 3 aromatic rings. The molecule has 0 aliphatic heterocycles. The van der Waals surface area contributed by atoms with Gasteiger partial charge in [-0.1, -0.05) is 0 Å². The number of thiophene rings is 2. The maximum absolute atomic E-state index is 12.0. The highest BCUT2D eigenvalue weighted by Crippen LogP contribution is 2.30. The summed E-state index contributed by atoms with van der Waals surface area (Å²) in [6.45, 7) is 0. The molecule has 0 spiro atoms. The topological polar surface area (TPSA) is 30.0 Å². The molecule has 0 aromatic carbocycles. The predicted octanol–water partition coefficient (Wildman–Crippen LogP) is 3.84. The minimum absolute atomic E-state index is 0.192. The molecule has 0 radical (unpaired) electrons. The second kappa shape index (κ2) is 4.08. The first-order valence-electron chi connectivity index (χ1n) is 4.70. The standard InChI is InChI=1S/C11H7NOS3/c13-8(3-7-5-12-6-15-7)10-4-11-9(16-10)1-2-14-11/h1-2,4-6H,3H2. The van der Waals surface area contributed by atoms with E-state index in [4.69, 9.17) is 0 Å². The molecule has 80 valence electrons. The van der Waals surface area contributed by atoms with Gasteiger partial charge in [-0.3, -0.25) is 9.78 Å². The van der Waals surface area contributed by atoms with Crippen LogP contribution in [0.4, 0.5) is 0 Å². The first-order chi connectivity index (χ1) is 7.83. The fraction of sp³-hybridized carbons (Fsp3) is 0.0909. The van der Waals surface area contributed by atoms with Crippen LogP contribution in [0.3, 0.4) is 0 Å². The fourth-order valence-corrected chi connectivity index (χ4v) is 4.12. The normalized spacial score (nSPS) is 11.0. The number of Topliss-reactive ketones (excluding diaryl/α,β-unsaturated/α-hetero) is 1. The van der Waals surface area contributed by atoms with E-state index in [1.807, 2.05) is 6.07 Å². The predicted molar refractivity (Wildman–Crippen MR) is 69.9 cm³/mol. The van der Waals surface area contributed by atoms with Crippen molar-refractivity contribution >= 4 is 49.2 Å². The highest BCUT2D eigenvalue weighted by molar-refractivity contribution is 7.27. The van der Waals surface area contributed by atoms with Crippen LogP contribution < -0.4 is 0 Å². The summed E-state index contributed by atoms with van der Waals surface area (Å²) in [6, 6.07) is 4.06. The molecule has 0 atom stereocenters. The summed E-state index contributed by atoms with van der Waals surface area (Å²) in [4.78, 5) is 17.8. The molecule has 0 bridgehead atoms. The number of thiazole rings is 1. The smallest absolute Gasteiger partial charge is 0.178 e. The monoisotopic (exact) mass is 265 g/mol. The zero-order chi connectivity index (χ0) is 11.0. The molecule has 0 saturated carbocycles. The molecule has 3 rings (SSSR count). The number of carbonyl (C=O) groups is 1. The van der Waals surface area contributed by atoms with E-state index in [2.05, 4.69) is 16.4 Å². The average Bonchev–Trinajstić information content (AvgIpc) is 2.91. The number of hydrogen-bond donors (Lipinski definition) is 0. The van der Waals surface area contributed by atoms with Gasteiger partial charge in [-0.25, -0.2) is 0 Å². The summed E-state index contributed by atoms with van der Waals surface area (Å²) in [5.74, 6) is 0.192. The highest BCUT2D eigenvalue weighted by atomic mass is 32.1. The van der Waals surface area contributed by atoms with Gasteiger partial charge in [0.05, 0.1) is 10.4 Å². The molecule has 5 heteroatoms. The molecule has 0 N–H and O–H groups in total. The Morgan fingerprint density at radius 2 is 2.25 bits per heavy atom. The molecular weight excluding hydrogens is 258 g/mol. The number of fused-ring (bicyclic) bond motifs is 1. The van der Waals surface area contributed by atoms with Crippen LogP contribution in [-0.2, 0) is 6.42 Å². The van der Waals surface area contributed by atoms with Crippen LogP contribution in [0.2, 0.25) is 0 Å². The lowest BCUT2D eigenvalue weighted by Gasteiger charge is -1.92. The van der Waals surface area contributed by atoms with Gasteiger partial charge in [0.2, 0.25) is 0 Å². The lowest BCUT2D eigenvalue weighted by molar-refractivity contribution is 0.0997. The highest BCUT2D eigenvalue weighted by Gasteiger charge is 2.12. The first-order valence-corrected chi connectivity index (χ1v) is 7.28. The van der Waals surface area contributed by atoms with Gasteiger partial charge < -0.3 is 0 Å². The van der Waals surface area contributed by atoms with Gasteiger partial charge in [0, 0.05) is 26.9 Å². The largest absolute Gasteiger partial charge is 0.293 e. The van der Waals surface area contributed by atoms with Gasteiger partial charge in [0.15, 0.2) is 5.78 Å². The van der Waals surface area contributed by atoms with E-state index in [0.717, 1.165) is 9.75 Å². The molecule has 2 nitrogen and oxygen atoms in total. The Morgan fingerprint density at radius 1 is 1.31 bits per heavy atom. The molecule has 16 heavy (non-hydrogen) atoms. The van der Waals surface area contributed by atoms with Crippen LogP contribution in [0, 0.1) is 0 Å². The molecule has 0 unspecified atom stereocenters. The Kier molecular flexibility index (Phi) is 2.59. The summed E-state index contributed by atoms with van der Waals surface area (Å²) in [5, 5.41) is 2.05. The number of hydrogen-bond acceptors (Lipinski definition) is 5. The molecule has 0 saturated heterocycles. The van der Waals surface area contributed by atoms with E-state index < -0.39 is 0 Å². The molecular formula is C11H7NOS3. The Morgan fingerprint density at radius 3 is 3.00 bits per heavy atom. The van der Waals surface area contributed by atoms with Crippen molar-refractivity contribution in [1.82, 2.24) is 4.98 Å². The summed E-state index contributed by atoms with van der Waals surface area (Å²) in [5.41, 5.74) is 1.76.